The molecule has 7 heteroatoms. The molecule has 0 aliphatic carbocycles. The first kappa shape index (κ1) is 14.5. The van der Waals surface area contributed by atoms with E-state index in [2.05, 4.69) is 15.3 Å². The van der Waals surface area contributed by atoms with Crippen LogP contribution in [0.2, 0.25) is 0 Å². The molecule has 2 aromatic heterocycles. The molecule has 1 atom stereocenters. The Morgan fingerprint density at radius 3 is 2.50 bits per heavy atom. The number of alkyl halides is 3. The van der Waals surface area contributed by atoms with Gasteiger partial charge in [0.05, 0.1) is 11.3 Å². The van der Waals surface area contributed by atoms with Crippen molar-refractivity contribution in [2.24, 2.45) is 7.05 Å². The van der Waals surface area contributed by atoms with Crippen molar-refractivity contribution in [3.63, 3.8) is 0 Å². The Morgan fingerprint density at radius 2 is 2.05 bits per heavy atom. The number of imidazole rings is 1. The Hall–Kier alpha value is -1.89. The van der Waals surface area contributed by atoms with Gasteiger partial charge < -0.3 is 9.88 Å². The molecule has 0 fully saturated rings. The fourth-order valence-corrected chi connectivity index (χ4v) is 1.93. The summed E-state index contributed by atoms with van der Waals surface area (Å²) in [6.07, 6.45) is -0.0986. The van der Waals surface area contributed by atoms with Crippen LogP contribution in [-0.4, -0.2) is 21.1 Å². The van der Waals surface area contributed by atoms with Crippen molar-refractivity contribution in [1.29, 1.82) is 0 Å². The first-order chi connectivity index (χ1) is 9.43. The number of hydrogen-bond acceptors (Lipinski definition) is 3. The normalized spacial score (nSPS) is 13.4. The largest absolute Gasteiger partial charge is 0.417 e. The molecule has 20 heavy (non-hydrogen) atoms. The van der Waals surface area contributed by atoms with Crippen LogP contribution >= 0.6 is 0 Å². The van der Waals surface area contributed by atoms with Crippen molar-refractivity contribution >= 4 is 0 Å². The highest BCUT2D eigenvalue weighted by atomic mass is 19.4. The lowest BCUT2D eigenvalue weighted by Crippen LogP contribution is -2.25. The van der Waals surface area contributed by atoms with E-state index >= 15 is 0 Å². The van der Waals surface area contributed by atoms with E-state index in [1.54, 1.807) is 12.4 Å². The first-order valence-electron chi connectivity index (χ1n) is 6.17. The van der Waals surface area contributed by atoms with E-state index in [1.807, 2.05) is 18.5 Å². The second kappa shape index (κ2) is 5.62. The highest BCUT2D eigenvalue weighted by Gasteiger charge is 2.31. The van der Waals surface area contributed by atoms with Crippen molar-refractivity contribution in [2.45, 2.75) is 19.1 Å². The topological polar surface area (TPSA) is 42.7 Å². The number of aryl methyl sites for hydroxylation is 1. The summed E-state index contributed by atoms with van der Waals surface area (Å²) in [7, 11) is 1.83. The molecule has 4 nitrogen and oxygen atoms in total. The van der Waals surface area contributed by atoms with Gasteiger partial charge in [0.25, 0.3) is 0 Å². The Balaban J connectivity index is 2.33. The minimum Gasteiger partial charge on any atom is -0.336 e. The number of aromatic nitrogens is 3. The summed E-state index contributed by atoms with van der Waals surface area (Å²) in [5.74, 6) is 0.708. The fourth-order valence-electron chi connectivity index (χ4n) is 1.93. The molecule has 2 aromatic rings. The van der Waals surface area contributed by atoms with E-state index in [9.17, 15) is 13.2 Å². The zero-order chi connectivity index (χ0) is 14.8. The molecule has 2 rings (SSSR count). The third kappa shape index (κ3) is 2.98. The zero-order valence-corrected chi connectivity index (χ0v) is 11.1. The Morgan fingerprint density at radius 1 is 1.30 bits per heavy atom. The molecule has 0 radical (unpaired) electrons. The predicted molar refractivity (Wildman–Crippen MR) is 68.0 cm³/mol. The van der Waals surface area contributed by atoms with Crippen LogP contribution in [0.25, 0.3) is 0 Å². The van der Waals surface area contributed by atoms with Crippen LogP contribution in [0.15, 0.2) is 30.7 Å². The van der Waals surface area contributed by atoms with Gasteiger partial charge in [-0.05, 0) is 18.7 Å². The van der Waals surface area contributed by atoms with E-state index in [1.165, 1.54) is 6.07 Å². The summed E-state index contributed by atoms with van der Waals surface area (Å²) < 4.78 is 39.4. The average molecular weight is 284 g/mol. The Kier molecular flexibility index (Phi) is 4.08. The minimum absolute atomic E-state index is 0.331. The van der Waals surface area contributed by atoms with Crippen molar-refractivity contribution in [1.82, 2.24) is 19.9 Å². The molecule has 108 valence electrons. The maximum absolute atomic E-state index is 12.5. The molecular weight excluding hydrogens is 269 g/mol. The first-order valence-corrected chi connectivity index (χ1v) is 6.17. The number of rotatable bonds is 4. The van der Waals surface area contributed by atoms with Crippen LogP contribution in [-0.2, 0) is 13.2 Å². The SMILES string of the molecule is CCNC(c1ccc(C(F)(F)F)cn1)c1nccn1C. The van der Waals surface area contributed by atoms with Gasteiger partial charge in [0.2, 0.25) is 0 Å². The number of hydrogen-bond donors (Lipinski definition) is 1. The van der Waals surface area contributed by atoms with Gasteiger partial charge in [0.15, 0.2) is 0 Å². The summed E-state index contributed by atoms with van der Waals surface area (Å²) in [4.78, 5) is 8.15. The zero-order valence-electron chi connectivity index (χ0n) is 11.1. The lowest BCUT2D eigenvalue weighted by Gasteiger charge is -2.17. The molecule has 0 saturated heterocycles. The number of nitrogens with zero attached hydrogens (tertiary/aromatic N) is 3. The highest BCUT2D eigenvalue weighted by molar-refractivity contribution is 5.23. The van der Waals surface area contributed by atoms with Gasteiger partial charge in [-0.2, -0.15) is 13.2 Å². The molecular formula is C13H15F3N4. The van der Waals surface area contributed by atoms with Crippen molar-refractivity contribution < 1.29 is 13.2 Å². The third-order valence-electron chi connectivity index (χ3n) is 2.93. The monoisotopic (exact) mass is 284 g/mol. The van der Waals surface area contributed by atoms with Gasteiger partial charge in [-0.1, -0.05) is 6.92 Å². The quantitative estimate of drug-likeness (QED) is 0.938. The summed E-state index contributed by atoms with van der Waals surface area (Å²) in [5, 5.41) is 3.17. The van der Waals surface area contributed by atoms with Gasteiger partial charge in [0, 0.05) is 25.6 Å². The van der Waals surface area contributed by atoms with Crippen LogP contribution in [0.4, 0.5) is 13.2 Å². The summed E-state index contributed by atoms with van der Waals surface area (Å²) in [6, 6.07) is 2.09. The van der Waals surface area contributed by atoms with E-state index < -0.39 is 11.7 Å². The van der Waals surface area contributed by atoms with Gasteiger partial charge in [-0.25, -0.2) is 4.98 Å². The molecule has 0 aliphatic heterocycles. The lowest BCUT2D eigenvalue weighted by molar-refractivity contribution is -0.137. The molecule has 0 spiro atoms. The summed E-state index contributed by atoms with van der Waals surface area (Å²) in [6.45, 7) is 2.57. The van der Waals surface area contributed by atoms with E-state index in [0.29, 0.717) is 18.1 Å². The van der Waals surface area contributed by atoms with E-state index in [4.69, 9.17) is 0 Å². The number of halogens is 3. The summed E-state index contributed by atoms with van der Waals surface area (Å²) in [5.41, 5.74) is -0.245. The smallest absolute Gasteiger partial charge is 0.336 e. The Labute approximate surface area is 114 Å². The van der Waals surface area contributed by atoms with Crippen molar-refractivity contribution in [3.8, 4) is 0 Å². The van der Waals surface area contributed by atoms with E-state index in [0.717, 1.165) is 12.3 Å². The fraction of sp³-hybridized carbons (Fsp3) is 0.385. The molecule has 1 N–H and O–H groups in total. The maximum atomic E-state index is 12.5. The second-order valence-corrected chi connectivity index (χ2v) is 4.36. The van der Waals surface area contributed by atoms with Crippen LogP contribution < -0.4 is 5.32 Å². The van der Waals surface area contributed by atoms with Gasteiger partial charge in [0.1, 0.15) is 11.9 Å². The van der Waals surface area contributed by atoms with Crippen LogP contribution in [0.5, 0.6) is 0 Å². The van der Waals surface area contributed by atoms with Crippen molar-refractivity contribution in [2.75, 3.05) is 6.54 Å². The molecule has 2 heterocycles. The highest BCUT2D eigenvalue weighted by Crippen LogP contribution is 2.29. The van der Waals surface area contributed by atoms with Gasteiger partial charge in [-0.15, -0.1) is 0 Å². The van der Waals surface area contributed by atoms with Crippen LogP contribution in [0.1, 0.15) is 30.0 Å². The molecule has 0 amide bonds. The number of pyridine rings is 1. The molecule has 1 unspecified atom stereocenters. The summed E-state index contributed by atoms with van der Waals surface area (Å²) >= 11 is 0. The van der Waals surface area contributed by atoms with Crippen molar-refractivity contribution in [3.05, 3.63) is 47.8 Å². The molecule has 0 bridgehead atoms. The van der Waals surface area contributed by atoms with Crippen LogP contribution in [0.3, 0.4) is 0 Å². The average Bonchev–Trinajstić information content (AvgIpc) is 2.81. The predicted octanol–water partition coefficient (Wildman–Crippen LogP) is 2.53. The number of nitrogens with one attached hydrogen (secondary N) is 1. The standard InChI is InChI=1S/C13H15F3N4/c1-3-17-11(12-18-6-7-20(12)2)10-5-4-9(8-19-10)13(14,15)16/h4-8,11,17H,3H2,1-2H3. The molecule has 0 aliphatic rings. The minimum atomic E-state index is -4.37. The maximum Gasteiger partial charge on any atom is 0.417 e. The lowest BCUT2D eigenvalue weighted by atomic mass is 10.1. The third-order valence-corrected chi connectivity index (χ3v) is 2.93. The Bertz CT molecular complexity index is 560. The second-order valence-electron chi connectivity index (χ2n) is 4.36. The van der Waals surface area contributed by atoms with E-state index in [-0.39, 0.29) is 6.04 Å². The van der Waals surface area contributed by atoms with Gasteiger partial charge in [-0.3, -0.25) is 4.98 Å². The van der Waals surface area contributed by atoms with Crippen LogP contribution in [0, 0.1) is 0 Å². The molecule has 0 aromatic carbocycles. The molecule has 0 saturated carbocycles. The van der Waals surface area contributed by atoms with Gasteiger partial charge >= 0.3 is 6.18 Å².